The molecule has 1 heterocycles. The molecule has 0 spiro atoms. The molecular formula is C20H29N3O. The minimum absolute atomic E-state index is 0.0358. The van der Waals surface area contributed by atoms with Crippen LogP contribution in [0.4, 0.5) is 5.69 Å². The smallest absolute Gasteiger partial charge is 0.224 e. The van der Waals surface area contributed by atoms with Gasteiger partial charge in [-0.05, 0) is 23.3 Å². The Hall–Kier alpha value is -2.10. The summed E-state index contributed by atoms with van der Waals surface area (Å²) in [6.07, 6.45) is 1.31. The van der Waals surface area contributed by atoms with E-state index in [9.17, 15) is 4.79 Å². The maximum absolute atomic E-state index is 12.2. The standard InChI is InChI=1S/C20H29N3O/c1-7-16-19(21-17(24)12-13(2)3)18(23-22-16)14-8-10-15(11-9-14)20(4,5)6/h8-11,13H,7,12H2,1-6H3,(H,21,24)(H,22,23). The highest BCUT2D eigenvalue weighted by atomic mass is 16.1. The number of aryl methyl sites for hydroxylation is 1. The summed E-state index contributed by atoms with van der Waals surface area (Å²) < 4.78 is 0. The molecule has 2 rings (SSSR count). The average molecular weight is 327 g/mol. The molecule has 1 aromatic carbocycles. The Morgan fingerprint density at radius 3 is 2.33 bits per heavy atom. The molecule has 4 nitrogen and oxygen atoms in total. The largest absolute Gasteiger partial charge is 0.323 e. The number of aromatic amines is 1. The van der Waals surface area contributed by atoms with Crippen molar-refractivity contribution in [3.63, 3.8) is 0 Å². The maximum atomic E-state index is 12.2. The quantitative estimate of drug-likeness (QED) is 0.819. The topological polar surface area (TPSA) is 57.8 Å². The first-order valence-electron chi connectivity index (χ1n) is 8.70. The van der Waals surface area contributed by atoms with Gasteiger partial charge in [0.1, 0.15) is 5.69 Å². The van der Waals surface area contributed by atoms with Gasteiger partial charge in [-0.15, -0.1) is 0 Å². The molecule has 2 aromatic rings. The van der Waals surface area contributed by atoms with Gasteiger partial charge < -0.3 is 5.32 Å². The van der Waals surface area contributed by atoms with Crippen LogP contribution in [0.5, 0.6) is 0 Å². The third kappa shape index (κ3) is 4.25. The van der Waals surface area contributed by atoms with Crippen molar-refractivity contribution in [2.45, 2.75) is 59.8 Å². The molecule has 1 amide bonds. The first kappa shape index (κ1) is 18.2. The minimum atomic E-state index is 0.0358. The molecular weight excluding hydrogens is 298 g/mol. The van der Waals surface area contributed by atoms with E-state index in [0.29, 0.717) is 12.3 Å². The first-order chi connectivity index (χ1) is 11.2. The summed E-state index contributed by atoms with van der Waals surface area (Å²) in [5.74, 6) is 0.366. The molecule has 2 N–H and O–H groups in total. The highest BCUT2D eigenvalue weighted by Gasteiger charge is 2.18. The molecule has 0 saturated carbocycles. The number of rotatable bonds is 5. The first-order valence-corrected chi connectivity index (χ1v) is 8.70. The lowest BCUT2D eigenvalue weighted by molar-refractivity contribution is -0.116. The fourth-order valence-electron chi connectivity index (χ4n) is 2.67. The van der Waals surface area contributed by atoms with Gasteiger partial charge in [-0.2, -0.15) is 5.10 Å². The molecule has 130 valence electrons. The lowest BCUT2D eigenvalue weighted by Gasteiger charge is -2.19. The van der Waals surface area contributed by atoms with Crippen molar-refractivity contribution in [2.75, 3.05) is 5.32 Å². The van der Waals surface area contributed by atoms with E-state index >= 15 is 0 Å². The summed E-state index contributed by atoms with van der Waals surface area (Å²) in [7, 11) is 0. The van der Waals surface area contributed by atoms with Crippen molar-refractivity contribution in [1.29, 1.82) is 0 Å². The monoisotopic (exact) mass is 327 g/mol. The van der Waals surface area contributed by atoms with Crippen LogP contribution in [0.2, 0.25) is 0 Å². The molecule has 4 heteroatoms. The molecule has 0 saturated heterocycles. The molecule has 0 aliphatic carbocycles. The number of hydrogen-bond acceptors (Lipinski definition) is 2. The SMILES string of the molecule is CCc1[nH]nc(-c2ccc(C(C)(C)C)cc2)c1NC(=O)CC(C)C. The highest BCUT2D eigenvalue weighted by Crippen LogP contribution is 2.31. The predicted octanol–water partition coefficient (Wildman–Crippen LogP) is 4.92. The summed E-state index contributed by atoms with van der Waals surface area (Å²) in [6.45, 7) is 12.7. The Bertz CT molecular complexity index is 691. The van der Waals surface area contributed by atoms with Crippen LogP contribution in [0.15, 0.2) is 24.3 Å². The Balaban J connectivity index is 2.33. The fraction of sp³-hybridized carbons (Fsp3) is 0.500. The molecule has 0 aliphatic heterocycles. The van der Waals surface area contributed by atoms with Crippen molar-refractivity contribution >= 4 is 11.6 Å². The van der Waals surface area contributed by atoms with Gasteiger partial charge in [0.25, 0.3) is 0 Å². The summed E-state index contributed by atoms with van der Waals surface area (Å²) in [6, 6.07) is 8.42. The van der Waals surface area contributed by atoms with Gasteiger partial charge in [0.05, 0.1) is 11.4 Å². The number of hydrogen-bond donors (Lipinski definition) is 2. The second-order valence-corrected chi connectivity index (χ2v) is 7.75. The molecule has 0 aliphatic rings. The van der Waals surface area contributed by atoms with Gasteiger partial charge in [0, 0.05) is 12.0 Å². The number of amides is 1. The predicted molar refractivity (Wildman–Crippen MR) is 100 cm³/mol. The van der Waals surface area contributed by atoms with Crippen molar-refractivity contribution in [2.24, 2.45) is 5.92 Å². The van der Waals surface area contributed by atoms with E-state index < -0.39 is 0 Å². The van der Waals surface area contributed by atoms with Crippen LogP contribution in [-0.4, -0.2) is 16.1 Å². The molecule has 0 atom stereocenters. The van der Waals surface area contributed by atoms with E-state index in [-0.39, 0.29) is 11.3 Å². The van der Waals surface area contributed by atoms with Gasteiger partial charge in [0.2, 0.25) is 5.91 Å². The number of nitrogens with zero attached hydrogens (tertiary/aromatic N) is 1. The maximum Gasteiger partial charge on any atom is 0.224 e. The average Bonchev–Trinajstić information content (AvgIpc) is 2.88. The lowest BCUT2D eigenvalue weighted by atomic mass is 9.86. The van der Waals surface area contributed by atoms with Gasteiger partial charge in [-0.25, -0.2) is 0 Å². The number of nitrogens with one attached hydrogen (secondary N) is 2. The van der Waals surface area contributed by atoms with E-state index in [1.54, 1.807) is 0 Å². The Kier molecular flexibility index (Phi) is 5.47. The van der Waals surface area contributed by atoms with Crippen LogP contribution in [-0.2, 0) is 16.6 Å². The van der Waals surface area contributed by atoms with Crippen molar-refractivity contribution < 1.29 is 4.79 Å². The second kappa shape index (κ2) is 7.20. The van der Waals surface area contributed by atoms with E-state index in [4.69, 9.17) is 0 Å². The van der Waals surface area contributed by atoms with E-state index in [0.717, 1.165) is 29.1 Å². The lowest BCUT2D eigenvalue weighted by Crippen LogP contribution is -2.15. The number of carbonyl (C=O) groups is 1. The molecule has 24 heavy (non-hydrogen) atoms. The number of carbonyl (C=O) groups excluding carboxylic acids is 1. The summed E-state index contributed by atoms with van der Waals surface area (Å²) in [5, 5.41) is 10.6. The third-order valence-corrected chi connectivity index (χ3v) is 4.08. The summed E-state index contributed by atoms with van der Waals surface area (Å²) in [5.41, 5.74) is 4.99. The third-order valence-electron chi connectivity index (χ3n) is 4.08. The molecule has 0 radical (unpaired) electrons. The minimum Gasteiger partial charge on any atom is -0.323 e. The molecule has 0 fully saturated rings. The van der Waals surface area contributed by atoms with Crippen LogP contribution in [0.3, 0.4) is 0 Å². The summed E-state index contributed by atoms with van der Waals surface area (Å²) >= 11 is 0. The molecule has 0 bridgehead atoms. The van der Waals surface area contributed by atoms with Crippen LogP contribution >= 0.6 is 0 Å². The summed E-state index contributed by atoms with van der Waals surface area (Å²) in [4.78, 5) is 12.2. The number of benzene rings is 1. The van der Waals surface area contributed by atoms with E-state index in [1.165, 1.54) is 5.56 Å². The number of aromatic nitrogens is 2. The van der Waals surface area contributed by atoms with Crippen molar-refractivity contribution in [1.82, 2.24) is 10.2 Å². The van der Waals surface area contributed by atoms with Crippen LogP contribution in [0.1, 0.15) is 59.2 Å². The van der Waals surface area contributed by atoms with Gasteiger partial charge in [-0.1, -0.05) is 65.8 Å². The van der Waals surface area contributed by atoms with Crippen molar-refractivity contribution in [3.05, 3.63) is 35.5 Å². The van der Waals surface area contributed by atoms with Crippen LogP contribution in [0.25, 0.3) is 11.3 Å². The highest BCUT2D eigenvalue weighted by molar-refractivity contribution is 5.95. The fourth-order valence-corrected chi connectivity index (χ4v) is 2.67. The Morgan fingerprint density at radius 1 is 1.21 bits per heavy atom. The van der Waals surface area contributed by atoms with E-state index in [1.807, 2.05) is 13.8 Å². The zero-order valence-corrected chi connectivity index (χ0v) is 15.7. The zero-order chi connectivity index (χ0) is 17.9. The van der Waals surface area contributed by atoms with Crippen molar-refractivity contribution in [3.8, 4) is 11.3 Å². The number of H-pyrrole nitrogens is 1. The second-order valence-electron chi connectivity index (χ2n) is 7.75. The Morgan fingerprint density at radius 2 is 1.83 bits per heavy atom. The van der Waals surface area contributed by atoms with Gasteiger partial charge in [-0.3, -0.25) is 9.89 Å². The normalized spacial score (nSPS) is 11.8. The van der Waals surface area contributed by atoms with E-state index in [2.05, 4.69) is 67.5 Å². The zero-order valence-electron chi connectivity index (χ0n) is 15.7. The van der Waals surface area contributed by atoms with Crippen LogP contribution in [0, 0.1) is 5.92 Å². The Labute approximate surface area is 145 Å². The van der Waals surface area contributed by atoms with Crippen LogP contribution < -0.4 is 5.32 Å². The molecule has 1 aromatic heterocycles. The van der Waals surface area contributed by atoms with Gasteiger partial charge in [0.15, 0.2) is 0 Å². The number of anilines is 1. The van der Waals surface area contributed by atoms with Gasteiger partial charge >= 0.3 is 0 Å². The molecule has 0 unspecified atom stereocenters.